The molecule has 0 aliphatic heterocycles. The topological polar surface area (TPSA) is 86.4 Å². The van der Waals surface area contributed by atoms with Gasteiger partial charge in [-0.3, -0.25) is 0 Å². The Morgan fingerprint density at radius 3 is 2.74 bits per heavy atom. The molecule has 0 atom stereocenters. The van der Waals surface area contributed by atoms with Crippen LogP contribution in [0.2, 0.25) is 0 Å². The minimum Gasteiger partial charge on any atom is -0.504 e. The highest BCUT2D eigenvalue weighted by Gasteiger charge is 2.12. The van der Waals surface area contributed by atoms with E-state index in [0.29, 0.717) is 0 Å². The van der Waals surface area contributed by atoms with Gasteiger partial charge >= 0.3 is 0 Å². The fourth-order valence-corrected chi connectivity index (χ4v) is 2.17. The minimum absolute atomic E-state index is 0.166. The van der Waals surface area contributed by atoms with Crippen molar-refractivity contribution in [3.63, 3.8) is 0 Å². The van der Waals surface area contributed by atoms with Crippen LogP contribution in [0.3, 0.4) is 0 Å². The Kier molecular flexibility index (Phi) is 3.90. The molecule has 3 rings (SSSR count). The third kappa shape index (κ3) is 2.84. The number of phenols is 2. The van der Waals surface area contributed by atoms with Gasteiger partial charge in [0.05, 0.1) is 11.8 Å². The molecule has 0 aliphatic carbocycles. The standard InChI is InChI=1S/C15H11FN4O2S/c16-11-6-2-1-5-10(11)14-18-19-15(23)20(14)17-8-9-4-3-7-12(21)13(9)22/h1-8,21-22H,(H,19,23)/b17-8+. The van der Waals surface area contributed by atoms with E-state index in [2.05, 4.69) is 15.3 Å². The molecule has 3 aromatic rings. The van der Waals surface area contributed by atoms with E-state index in [1.54, 1.807) is 30.3 Å². The molecule has 0 bridgehead atoms. The summed E-state index contributed by atoms with van der Waals surface area (Å²) in [6, 6.07) is 10.6. The van der Waals surface area contributed by atoms with Crippen LogP contribution in [0.25, 0.3) is 11.4 Å². The van der Waals surface area contributed by atoms with E-state index >= 15 is 0 Å². The van der Waals surface area contributed by atoms with Gasteiger partial charge in [-0.05, 0) is 36.5 Å². The number of halogens is 1. The number of benzene rings is 2. The van der Waals surface area contributed by atoms with Crippen molar-refractivity contribution in [2.24, 2.45) is 5.10 Å². The molecule has 0 aliphatic rings. The molecule has 0 radical (unpaired) electrons. The van der Waals surface area contributed by atoms with Gasteiger partial charge < -0.3 is 10.2 Å². The number of hydrogen-bond acceptors (Lipinski definition) is 5. The average molecular weight is 330 g/mol. The SMILES string of the molecule is Oc1cccc(/C=N/n2c(-c3ccccc3F)n[nH]c2=S)c1O. The molecule has 1 heterocycles. The zero-order chi connectivity index (χ0) is 16.4. The van der Waals surface area contributed by atoms with Crippen LogP contribution in [0.1, 0.15) is 5.56 Å². The first-order chi connectivity index (χ1) is 11.1. The lowest BCUT2D eigenvalue weighted by Gasteiger charge is -2.03. The van der Waals surface area contributed by atoms with Gasteiger partial charge in [0.1, 0.15) is 5.82 Å². The lowest BCUT2D eigenvalue weighted by Crippen LogP contribution is -1.97. The molecule has 6 nitrogen and oxygen atoms in total. The number of aromatic nitrogens is 3. The second-order valence-corrected chi connectivity index (χ2v) is 4.99. The molecule has 2 aromatic carbocycles. The maximum atomic E-state index is 13.9. The Labute approximate surface area is 135 Å². The lowest BCUT2D eigenvalue weighted by molar-refractivity contribution is 0.403. The van der Waals surface area contributed by atoms with Crippen LogP contribution in [-0.2, 0) is 0 Å². The van der Waals surface area contributed by atoms with Crippen molar-refractivity contribution < 1.29 is 14.6 Å². The number of hydrogen-bond donors (Lipinski definition) is 3. The van der Waals surface area contributed by atoms with Crippen LogP contribution in [0.15, 0.2) is 47.6 Å². The van der Waals surface area contributed by atoms with Crippen LogP contribution in [0.4, 0.5) is 4.39 Å². The highest BCUT2D eigenvalue weighted by atomic mass is 32.1. The number of aromatic amines is 1. The van der Waals surface area contributed by atoms with E-state index in [0.717, 1.165) is 0 Å². The van der Waals surface area contributed by atoms with E-state index in [1.165, 1.54) is 23.0 Å². The Morgan fingerprint density at radius 1 is 1.17 bits per heavy atom. The van der Waals surface area contributed by atoms with Crippen molar-refractivity contribution in [3.05, 3.63) is 58.6 Å². The molecule has 116 valence electrons. The predicted octanol–water partition coefficient (Wildman–Crippen LogP) is 3.04. The number of nitrogens with zero attached hydrogens (tertiary/aromatic N) is 3. The third-order valence-electron chi connectivity index (χ3n) is 3.12. The van der Waals surface area contributed by atoms with Gasteiger partial charge in [-0.25, -0.2) is 9.49 Å². The second-order valence-electron chi connectivity index (χ2n) is 4.60. The maximum absolute atomic E-state index is 13.9. The summed E-state index contributed by atoms with van der Waals surface area (Å²) in [5.74, 6) is -0.833. The van der Waals surface area contributed by atoms with E-state index < -0.39 is 5.82 Å². The van der Waals surface area contributed by atoms with Crippen LogP contribution in [0, 0.1) is 10.6 Å². The number of nitrogens with one attached hydrogen (secondary N) is 1. The van der Waals surface area contributed by atoms with Gasteiger partial charge in [0.15, 0.2) is 17.3 Å². The van der Waals surface area contributed by atoms with Gasteiger partial charge in [-0.1, -0.05) is 18.2 Å². The Hall–Kier alpha value is -3.00. The molecular weight excluding hydrogens is 319 g/mol. The highest BCUT2D eigenvalue weighted by Crippen LogP contribution is 2.27. The van der Waals surface area contributed by atoms with Crippen molar-refractivity contribution in [2.75, 3.05) is 0 Å². The average Bonchev–Trinajstić information content (AvgIpc) is 2.90. The molecule has 1 aromatic heterocycles. The zero-order valence-corrected chi connectivity index (χ0v) is 12.5. The Morgan fingerprint density at radius 2 is 1.96 bits per heavy atom. The first-order valence-corrected chi connectivity index (χ1v) is 6.96. The summed E-state index contributed by atoms with van der Waals surface area (Å²) in [6.45, 7) is 0. The van der Waals surface area contributed by atoms with Crippen molar-refractivity contribution >= 4 is 18.4 Å². The first-order valence-electron chi connectivity index (χ1n) is 6.55. The molecule has 0 amide bonds. The van der Waals surface area contributed by atoms with Crippen LogP contribution >= 0.6 is 12.2 Å². The summed E-state index contributed by atoms with van der Waals surface area (Å²) in [5, 5.41) is 29.9. The van der Waals surface area contributed by atoms with Crippen molar-refractivity contribution in [1.29, 1.82) is 0 Å². The van der Waals surface area contributed by atoms with E-state index in [1.807, 2.05) is 0 Å². The zero-order valence-electron chi connectivity index (χ0n) is 11.6. The smallest absolute Gasteiger partial charge is 0.216 e. The van der Waals surface area contributed by atoms with Crippen molar-refractivity contribution in [2.45, 2.75) is 0 Å². The molecule has 0 saturated heterocycles. The van der Waals surface area contributed by atoms with Crippen LogP contribution in [-0.4, -0.2) is 31.3 Å². The molecule has 0 spiro atoms. The van der Waals surface area contributed by atoms with Crippen LogP contribution in [0.5, 0.6) is 11.5 Å². The quantitative estimate of drug-likeness (QED) is 0.391. The number of aromatic hydroxyl groups is 2. The van der Waals surface area contributed by atoms with Crippen LogP contribution < -0.4 is 0 Å². The van der Waals surface area contributed by atoms with E-state index in [9.17, 15) is 14.6 Å². The second kappa shape index (κ2) is 6.01. The molecule has 23 heavy (non-hydrogen) atoms. The summed E-state index contributed by atoms with van der Waals surface area (Å²) >= 11 is 5.09. The fourth-order valence-electron chi connectivity index (χ4n) is 1.99. The summed E-state index contributed by atoms with van der Waals surface area (Å²) in [6.07, 6.45) is 1.30. The molecule has 0 unspecified atom stereocenters. The van der Waals surface area contributed by atoms with Gasteiger partial charge in [0.2, 0.25) is 4.77 Å². The van der Waals surface area contributed by atoms with E-state index in [4.69, 9.17) is 12.2 Å². The number of phenolic OH excluding ortho intramolecular Hbond substituents is 2. The predicted molar refractivity (Wildman–Crippen MR) is 85.6 cm³/mol. The monoisotopic (exact) mass is 330 g/mol. The molecule has 8 heteroatoms. The largest absolute Gasteiger partial charge is 0.504 e. The van der Waals surface area contributed by atoms with E-state index in [-0.39, 0.29) is 33.2 Å². The summed E-state index contributed by atoms with van der Waals surface area (Å²) in [5.41, 5.74) is 0.518. The molecule has 3 N–H and O–H groups in total. The Balaban J connectivity index is 2.07. The van der Waals surface area contributed by atoms with Gasteiger partial charge in [0.25, 0.3) is 0 Å². The third-order valence-corrected chi connectivity index (χ3v) is 3.39. The van der Waals surface area contributed by atoms with Crippen molar-refractivity contribution in [1.82, 2.24) is 14.9 Å². The molecule has 0 fully saturated rings. The van der Waals surface area contributed by atoms with Gasteiger partial charge in [-0.15, -0.1) is 0 Å². The summed E-state index contributed by atoms with van der Waals surface area (Å²) in [4.78, 5) is 0. The lowest BCUT2D eigenvalue weighted by atomic mass is 10.2. The fraction of sp³-hybridized carbons (Fsp3) is 0. The number of H-pyrrole nitrogens is 1. The minimum atomic E-state index is -0.460. The van der Waals surface area contributed by atoms with Gasteiger partial charge in [0, 0.05) is 5.56 Å². The Bertz CT molecular complexity index is 949. The molecule has 0 saturated carbocycles. The summed E-state index contributed by atoms with van der Waals surface area (Å²) in [7, 11) is 0. The summed E-state index contributed by atoms with van der Waals surface area (Å²) < 4.78 is 15.3. The van der Waals surface area contributed by atoms with Crippen molar-refractivity contribution in [3.8, 4) is 22.9 Å². The number of para-hydroxylation sites is 1. The van der Waals surface area contributed by atoms with Gasteiger partial charge in [-0.2, -0.15) is 14.9 Å². The highest BCUT2D eigenvalue weighted by molar-refractivity contribution is 7.71. The maximum Gasteiger partial charge on any atom is 0.216 e. The molecular formula is C15H11FN4O2S. The first kappa shape index (κ1) is 14.9. The number of rotatable bonds is 3. The normalized spacial score (nSPS) is 11.2.